The van der Waals surface area contributed by atoms with E-state index in [1.54, 1.807) is 0 Å². The Morgan fingerprint density at radius 2 is 2.18 bits per heavy atom. The second-order valence-electron chi connectivity index (χ2n) is 5.94. The quantitative estimate of drug-likeness (QED) is 0.722. The highest BCUT2D eigenvalue weighted by atomic mass is 16.5. The lowest BCUT2D eigenvalue weighted by Crippen LogP contribution is -2.49. The number of carboxylic acid groups (broad SMARTS) is 1. The zero-order chi connectivity index (χ0) is 15.8. The van der Waals surface area contributed by atoms with E-state index in [0.717, 1.165) is 32.5 Å². The molecule has 1 heterocycles. The maximum atomic E-state index is 11.2. The van der Waals surface area contributed by atoms with Gasteiger partial charge in [-0.1, -0.05) is 30.3 Å². The summed E-state index contributed by atoms with van der Waals surface area (Å²) in [4.78, 5) is 11.2. The van der Waals surface area contributed by atoms with Crippen molar-refractivity contribution in [3.63, 3.8) is 0 Å². The summed E-state index contributed by atoms with van der Waals surface area (Å²) in [5.41, 5.74) is 1.24. The largest absolute Gasteiger partial charge is 0.465 e. The summed E-state index contributed by atoms with van der Waals surface area (Å²) in [7, 11) is 1.85. The highest BCUT2D eigenvalue weighted by Crippen LogP contribution is 2.28. The van der Waals surface area contributed by atoms with Crippen LogP contribution >= 0.6 is 0 Å². The third kappa shape index (κ3) is 5.00. The molecule has 0 spiro atoms. The van der Waals surface area contributed by atoms with Gasteiger partial charge in [-0.15, -0.1) is 0 Å². The molecule has 1 unspecified atom stereocenters. The van der Waals surface area contributed by atoms with E-state index in [-0.39, 0.29) is 12.0 Å². The predicted octanol–water partition coefficient (Wildman–Crippen LogP) is 2.13. The molecule has 0 radical (unpaired) electrons. The third-order valence-corrected chi connectivity index (χ3v) is 4.36. The number of carbonyl (C=O) groups is 1. The summed E-state index contributed by atoms with van der Waals surface area (Å²) >= 11 is 0. The van der Waals surface area contributed by atoms with Gasteiger partial charge in [0.1, 0.15) is 0 Å². The fourth-order valence-electron chi connectivity index (χ4n) is 3.31. The molecule has 0 bridgehead atoms. The number of hydrogen-bond donors (Lipinski definition) is 3. The van der Waals surface area contributed by atoms with E-state index in [1.807, 2.05) is 25.2 Å². The molecule has 5 heteroatoms. The molecule has 1 aliphatic heterocycles. The third-order valence-electron chi connectivity index (χ3n) is 4.36. The van der Waals surface area contributed by atoms with Crippen LogP contribution < -0.4 is 10.6 Å². The normalized spacial score (nSPS) is 21.0. The Morgan fingerprint density at radius 3 is 2.77 bits per heavy atom. The molecular formula is C17H26N2O3. The maximum Gasteiger partial charge on any atom is 0.404 e. The van der Waals surface area contributed by atoms with Gasteiger partial charge in [0, 0.05) is 25.8 Å². The zero-order valence-electron chi connectivity index (χ0n) is 13.1. The molecule has 1 aromatic rings. The summed E-state index contributed by atoms with van der Waals surface area (Å²) in [6.45, 7) is 2.16. The molecule has 0 aliphatic carbocycles. The van der Waals surface area contributed by atoms with Gasteiger partial charge in [0.25, 0.3) is 0 Å². The van der Waals surface area contributed by atoms with Crippen molar-refractivity contribution in [2.75, 3.05) is 26.8 Å². The Morgan fingerprint density at radius 1 is 1.41 bits per heavy atom. The minimum Gasteiger partial charge on any atom is -0.465 e. The van der Waals surface area contributed by atoms with Crippen molar-refractivity contribution in [3.05, 3.63) is 35.9 Å². The summed E-state index contributed by atoms with van der Waals surface area (Å²) in [6.07, 6.45) is 2.05. The summed E-state index contributed by atoms with van der Waals surface area (Å²) in [5.74, 6) is 0.616. The van der Waals surface area contributed by atoms with E-state index in [2.05, 4.69) is 22.8 Å². The van der Waals surface area contributed by atoms with Crippen molar-refractivity contribution in [1.29, 1.82) is 0 Å². The first-order chi connectivity index (χ1) is 10.7. The molecule has 0 saturated carbocycles. The lowest BCUT2D eigenvalue weighted by Gasteiger charge is -2.36. The van der Waals surface area contributed by atoms with Crippen LogP contribution in [0.3, 0.4) is 0 Å². The first-order valence-electron chi connectivity index (χ1n) is 7.96. The van der Waals surface area contributed by atoms with Gasteiger partial charge in [-0.2, -0.15) is 0 Å². The van der Waals surface area contributed by atoms with Crippen LogP contribution in [0, 0.1) is 11.8 Å². The summed E-state index contributed by atoms with van der Waals surface area (Å²) < 4.78 is 5.64. The first kappa shape index (κ1) is 16.8. The van der Waals surface area contributed by atoms with E-state index in [9.17, 15) is 4.79 Å². The summed E-state index contributed by atoms with van der Waals surface area (Å²) in [5, 5.41) is 15.0. The SMILES string of the molecule is CNCC(NC(=O)O)[C@H](Cc1ccccc1)[C@H]1CCCOC1. The standard InChI is InChI=1S/C17H26N2O3/c1-18-11-16(19-17(20)21)15(14-8-5-9-22-12-14)10-13-6-3-2-4-7-13/h2-4,6-7,14-16,18-19H,5,8-12H2,1H3,(H,20,21)/t14-,15+,16?/m0/s1. The van der Waals surface area contributed by atoms with Crippen LogP contribution in [0.1, 0.15) is 18.4 Å². The molecule has 1 aromatic carbocycles. The highest BCUT2D eigenvalue weighted by molar-refractivity contribution is 5.64. The maximum absolute atomic E-state index is 11.2. The predicted molar refractivity (Wildman–Crippen MR) is 86.1 cm³/mol. The molecule has 1 fully saturated rings. The Kier molecular flexibility index (Phi) is 6.68. The smallest absolute Gasteiger partial charge is 0.404 e. The van der Waals surface area contributed by atoms with Gasteiger partial charge in [-0.05, 0) is 43.7 Å². The second-order valence-corrected chi connectivity index (χ2v) is 5.94. The molecule has 1 aliphatic rings. The number of rotatable bonds is 7. The van der Waals surface area contributed by atoms with Gasteiger partial charge in [-0.3, -0.25) is 0 Å². The van der Waals surface area contributed by atoms with E-state index < -0.39 is 6.09 Å². The fraction of sp³-hybridized carbons (Fsp3) is 0.588. The molecule has 2 rings (SSSR count). The van der Waals surface area contributed by atoms with E-state index in [1.165, 1.54) is 5.56 Å². The van der Waals surface area contributed by atoms with Gasteiger partial charge in [0.05, 0.1) is 0 Å². The minimum absolute atomic E-state index is 0.116. The average molecular weight is 306 g/mol. The number of nitrogens with one attached hydrogen (secondary N) is 2. The number of benzene rings is 1. The zero-order valence-corrected chi connectivity index (χ0v) is 13.1. The Hall–Kier alpha value is -1.59. The van der Waals surface area contributed by atoms with Crippen LogP contribution in [0.15, 0.2) is 30.3 Å². The average Bonchev–Trinajstić information content (AvgIpc) is 2.54. The molecule has 22 heavy (non-hydrogen) atoms. The van der Waals surface area contributed by atoms with Crippen molar-refractivity contribution in [3.8, 4) is 0 Å². The van der Waals surface area contributed by atoms with Crippen molar-refractivity contribution in [2.24, 2.45) is 11.8 Å². The Bertz CT molecular complexity index is 446. The van der Waals surface area contributed by atoms with Gasteiger partial charge in [-0.25, -0.2) is 4.79 Å². The lowest BCUT2D eigenvalue weighted by atomic mass is 9.78. The van der Waals surface area contributed by atoms with E-state index in [0.29, 0.717) is 12.5 Å². The molecular weight excluding hydrogens is 280 g/mol. The van der Waals surface area contributed by atoms with Crippen LogP contribution in [-0.2, 0) is 11.2 Å². The van der Waals surface area contributed by atoms with Crippen LogP contribution in [0.5, 0.6) is 0 Å². The van der Waals surface area contributed by atoms with Crippen molar-refractivity contribution in [2.45, 2.75) is 25.3 Å². The van der Waals surface area contributed by atoms with Gasteiger partial charge < -0.3 is 20.5 Å². The molecule has 1 saturated heterocycles. The fourth-order valence-corrected chi connectivity index (χ4v) is 3.31. The van der Waals surface area contributed by atoms with Crippen LogP contribution in [0.2, 0.25) is 0 Å². The lowest BCUT2D eigenvalue weighted by molar-refractivity contribution is 0.0220. The Labute approximate surface area is 132 Å². The Balaban J connectivity index is 2.15. The van der Waals surface area contributed by atoms with Crippen molar-refractivity contribution < 1.29 is 14.6 Å². The molecule has 0 aromatic heterocycles. The van der Waals surface area contributed by atoms with E-state index >= 15 is 0 Å². The number of likely N-dealkylation sites (N-methyl/N-ethyl adjacent to an activating group) is 1. The molecule has 3 atom stereocenters. The van der Waals surface area contributed by atoms with Crippen molar-refractivity contribution >= 4 is 6.09 Å². The topological polar surface area (TPSA) is 70.6 Å². The van der Waals surface area contributed by atoms with Crippen LogP contribution in [0.4, 0.5) is 4.79 Å². The number of ether oxygens (including phenoxy) is 1. The molecule has 1 amide bonds. The molecule has 3 N–H and O–H groups in total. The minimum atomic E-state index is -0.963. The monoisotopic (exact) mass is 306 g/mol. The molecule has 122 valence electrons. The highest BCUT2D eigenvalue weighted by Gasteiger charge is 2.31. The van der Waals surface area contributed by atoms with Crippen LogP contribution in [-0.4, -0.2) is 44.0 Å². The van der Waals surface area contributed by atoms with Gasteiger partial charge in [0.15, 0.2) is 0 Å². The summed E-state index contributed by atoms with van der Waals surface area (Å²) in [6, 6.07) is 10.2. The van der Waals surface area contributed by atoms with Crippen molar-refractivity contribution in [1.82, 2.24) is 10.6 Å². The number of amides is 1. The van der Waals surface area contributed by atoms with Crippen LogP contribution in [0.25, 0.3) is 0 Å². The number of hydrogen-bond acceptors (Lipinski definition) is 3. The van der Waals surface area contributed by atoms with Gasteiger partial charge in [0.2, 0.25) is 0 Å². The molecule has 5 nitrogen and oxygen atoms in total. The van der Waals surface area contributed by atoms with Gasteiger partial charge >= 0.3 is 6.09 Å². The van der Waals surface area contributed by atoms with E-state index in [4.69, 9.17) is 9.84 Å². The first-order valence-corrected chi connectivity index (χ1v) is 7.96. The second kappa shape index (κ2) is 8.76.